The molecule has 0 saturated carbocycles. The summed E-state index contributed by atoms with van der Waals surface area (Å²) >= 11 is 0. The van der Waals surface area contributed by atoms with E-state index in [1.807, 2.05) is 0 Å². The van der Waals surface area contributed by atoms with E-state index in [0.29, 0.717) is 10.5 Å². The van der Waals surface area contributed by atoms with Crippen LogP contribution in [0.25, 0.3) is 10.9 Å². The number of carbonyl (C=O) groups excluding carboxylic acids is 7. The van der Waals surface area contributed by atoms with E-state index < -0.39 is 66.7 Å². The molecule has 2 fully saturated rings. The number of alkyl halides is 3. The fourth-order valence-corrected chi connectivity index (χ4v) is 8.67. The number of carboxylic acid groups (broad SMARTS) is 1. The number of esters is 2. The number of benzene rings is 3. The molecule has 2 saturated heterocycles. The number of hydrogen-bond donors (Lipinski definition) is 2. The minimum absolute atomic E-state index is 0.0285. The molecule has 87 heavy (non-hydrogen) atoms. The molecule has 0 atom stereocenters. The van der Waals surface area contributed by atoms with Crippen LogP contribution in [0.2, 0.25) is 0 Å². The van der Waals surface area contributed by atoms with Gasteiger partial charge in [-0.15, -0.1) is 0 Å². The van der Waals surface area contributed by atoms with E-state index >= 15 is 0 Å². The first-order valence-corrected chi connectivity index (χ1v) is 26.2. The van der Waals surface area contributed by atoms with Gasteiger partial charge >= 0.3 is 30.0 Å². The lowest BCUT2D eigenvalue weighted by atomic mass is 10.1. The highest BCUT2D eigenvalue weighted by Crippen LogP contribution is 2.30. The first kappa shape index (κ1) is 64.0. The number of aromatic hydroxyl groups is 1. The number of pyridine rings is 4. The van der Waals surface area contributed by atoms with Crippen LogP contribution in [0, 0.1) is 17.5 Å². The molecular formula is C59H53F6N9O13. The maximum Gasteiger partial charge on any atom is 0.471 e. The standard InChI is InChI=1S/C20H20FN3O4.C17H12FN3O3.C12H10F4N2O2.C10H11NO4/c1-13(2)28-20(27)17-9-22-8-7-16(17)19(26)24-11-18(25)23(12-24)10-14-3-5-15(21)6-4-14;18-11-5-3-10(4-6-11)8-20-9-21-14(17(20)24)15(22)13-12(16(21)23)2-1-7-19-13;13-9-3-1-8(2-4-9)5-17-7-18(6-10(17)19)11(20)12(14,15)16;1-6(2)15-10(14)8-7(9(12)13)4-3-5-11-8/h3-9,13H,10-12H2,1-2H3;1-7,22H,8-9H2;1-4H,5-7H2;3-6H,1-2H3,(H,12,13). The summed E-state index contributed by atoms with van der Waals surface area (Å²) in [6.45, 7) is 6.28. The van der Waals surface area contributed by atoms with E-state index in [-0.39, 0.29) is 120 Å². The maximum absolute atomic E-state index is 13.0. The lowest BCUT2D eigenvalue weighted by Gasteiger charge is -2.19. The van der Waals surface area contributed by atoms with Crippen molar-refractivity contribution in [3.8, 4) is 5.75 Å². The third kappa shape index (κ3) is 16.2. The van der Waals surface area contributed by atoms with Gasteiger partial charge in [0.2, 0.25) is 11.8 Å². The van der Waals surface area contributed by atoms with Crippen molar-refractivity contribution in [1.29, 1.82) is 0 Å². The molecule has 0 aliphatic carbocycles. The molecule has 7 heterocycles. The van der Waals surface area contributed by atoms with Crippen molar-refractivity contribution in [3.05, 3.63) is 200 Å². The first-order valence-electron chi connectivity index (χ1n) is 26.2. The molecular weight excluding hydrogens is 1160 g/mol. The van der Waals surface area contributed by atoms with Crippen molar-refractivity contribution in [1.82, 2.24) is 44.0 Å². The third-order valence-electron chi connectivity index (χ3n) is 12.7. The number of carboxylic acids is 1. The number of fused-ring (bicyclic) bond motifs is 2. The summed E-state index contributed by atoms with van der Waals surface area (Å²) in [5, 5.41) is 19.4. The van der Waals surface area contributed by atoms with Gasteiger partial charge in [0.25, 0.3) is 17.4 Å². The van der Waals surface area contributed by atoms with E-state index in [4.69, 9.17) is 14.6 Å². The van der Waals surface area contributed by atoms with Crippen LogP contribution < -0.4 is 5.56 Å². The Balaban J connectivity index is 0.000000170. The Morgan fingerprint density at radius 2 is 1.07 bits per heavy atom. The van der Waals surface area contributed by atoms with E-state index in [1.54, 1.807) is 64.1 Å². The van der Waals surface area contributed by atoms with E-state index in [0.717, 1.165) is 16.0 Å². The topological polar surface area (TPSA) is 272 Å². The number of nitrogens with zero attached hydrogens (tertiary/aromatic N) is 9. The summed E-state index contributed by atoms with van der Waals surface area (Å²) in [6.07, 6.45) is -0.139. The molecule has 0 radical (unpaired) electrons. The van der Waals surface area contributed by atoms with Crippen LogP contribution in [-0.2, 0) is 50.2 Å². The molecule has 5 amide bonds. The molecule has 28 heteroatoms. The number of halogens is 6. The van der Waals surface area contributed by atoms with Crippen LogP contribution in [0.1, 0.15) is 96.4 Å². The lowest BCUT2D eigenvalue weighted by molar-refractivity contribution is -0.184. The fraction of sp³-hybridized carbons (Fsp3) is 0.254. The molecule has 3 aliphatic rings. The second-order valence-corrected chi connectivity index (χ2v) is 19.9. The van der Waals surface area contributed by atoms with E-state index in [9.17, 15) is 74.6 Å². The quantitative estimate of drug-likeness (QED) is 0.0926. The summed E-state index contributed by atoms with van der Waals surface area (Å²) in [5.74, 6) is -7.76. The Labute approximate surface area is 490 Å². The molecule has 0 spiro atoms. The highest BCUT2D eigenvalue weighted by Gasteiger charge is 2.46. The molecule has 7 aromatic rings. The van der Waals surface area contributed by atoms with E-state index in [1.165, 1.54) is 111 Å². The molecule has 0 unspecified atom stereocenters. The molecule has 454 valence electrons. The van der Waals surface area contributed by atoms with Gasteiger partial charge in [0, 0.05) is 44.4 Å². The van der Waals surface area contributed by atoms with Crippen molar-refractivity contribution in [2.45, 2.75) is 72.4 Å². The summed E-state index contributed by atoms with van der Waals surface area (Å²) in [5.41, 5.74) is 1.62. The zero-order chi connectivity index (χ0) is 63.4. The number of carbonyl (C=O) groups is 8. The molecule has 10 rings (SSSR count). The molecule has 3 aromatic carbocycles. The van der Waals surface area contributed by atoms with Crippen molar-refractivity contribution in [2.75, 3.05) is 26.4 Å². The summed E-state index contributed by atoms with van der Waals surface area (Å²) in [4.78, 5) is 125. The Kier molecular flexibility index (Phi) is 20.5. The summed E-state index contributed by atoms with van der Waals surface area (Å²) < 4.78 is 86.8. The van der Waals surface area contributed by atoms with Crippen LogP contribution >= 0.6 is 0 Å². The molecule has 22 nitrogen and oxygen atoms in total. The number of amides is 5. The highest BCUT2D eigenvalue weighted by atomic mass is 19.4. The normalized spacial score (nSPS) is 13.6. The zero-order valence-electron chi connectivity index (χ0n) is 46.6. The van der Waals surface area contributed by atoms with Crippen LogP contribution in [0.4, 0.5) is 26.3 Å². The largest absolute Gasteiger partial charge is 0.504 e. The predicted molar refractivity (Wildman–Crippen MR) is 293 cm³/mol. The third-order valence-corrected chi connectivity index (χ3v) is 12.7. The van der Waals surface area contributed by atoms with Gasteiger partial charge in [0.05, 0.1) is 47.6 Å². The van der Waals surface area contributed by atoms with Crippen molar-refractivity contribution in [2.24, 2.45) is 0 Å². The molecule has 4 aromatic heterocycles. The van der Waals surface area contributed by atoms with Gasteiger partial charge in [0.15, 0.2) is 17.1 Å². The maximum atomic E-state index is 13.0. The number of aromatic nitrogens is 4. The SMILES string of the molecule is CC(C)OC(=O)c1cnccc1C(=O)N1CC(=O)N(Cc2ccc(F)cc2)C1.CC(C)OC(=O)c1ncccc1C(=O)O.O=C1CN(C(=O)C(F)(F)F)CN1Cc1ccc(F)cc1.O=C1c2c(O)c3ncccc3c(=O)n2CN1Cc1ccc(F)cc1. The van der Waals surface area contributed by atoms with Crippen LogP contribution in [0.5, 0.6) is 5.75 Å². The average Bonchev–Trinajstić information content (AvgIpc) is 1.69. The Bertz CT molecular complexity index is 3790. The number of aromatic carboxylic acids is 1. The fourth-order valence-electron chi connectivity index (χ4n) is 8.67. The van der Waals surface area contributed by atoms with Gasteiger partial charge in [-0.05, 0) is 111 Å². The first-order chi connectivity index (χ1) is 41.2. The molecule has 0 bridgehead atoms. The Hall–Kier alpha value is -10.5. The summed E-state index contributed by atoms with van der Waals surface area (Å²) in [6, 6.07) is 24.2. The van der Waals surface area contributed by atoms with Gasteiger partial charge in [-0.2, -0.15) is 13.2 Å². The van der Waals surface area contributed by atoms with Gasteiger partial charge in [-0.3, -0.25) is 43.3 Å². The lowest BCUT2D eigenvalue weighted by Crippen LogP contribution is -2.40. The smallest absolute Gasteiger partial charge is 0.471 e. The van der Waals surface area contributed by atoms with Crippen molar-refractivity contribution < 1.29 is 84.4 Å². The van der Waals surface area contributed by atoms with Gasteiger partial charge in [0.1, 0.15) is 42.7 Å². The van der Waals surface area contributed by atoms with Gasteiger partial charge < -0.3 is 44.2 Å². The minimum Gasteiger partial charge on any atom is -0.504 e. The Morgan fingerprint density at radius 3 is 1.59 bits per heavy atom. The van der Waals surface area contributed by atoms with Crippen LogP contribution in [-0.4, -0.2) is 146 Å². The monoisotopic (exact) mass is 1210 g/mol. The van der Waals surface area contributed by atoms with Gasteiger partial charge in [-0.25, -0.2) is 32.5 Å². The highest BCUT2D eigenvalue weighted by molar-refractivity contribution is 6.07. The van der Waals surface area contributed by atoms with Crippen LogP contribution in [0.3, 0.4) is 0 Å². The van der Waals surface area contributed by atoms with Crippen molar-refractivity contribution >= 4 is 58.3 Å². The van der Waals surface area contributed by atoms with Gasteiger partial charge in [-0.1, -0.05) is 36.4 Å². The average molecular weight is 1210 g/mol. The molecule has 2 N–H and O–H groups in total. The zero-order valence-corrected chi connectivity index (χ0v) is 46.6. The van der Waals surface area contributed by atoms with Crippen LogP contribution in [0.15, 0.2) is 133 Å². The molecule has 3 aliphatic heterocycles. The minimum atomic E-state index is -4.99. The second-order valence-electron chi connectivity index (χ2n) is 19.9. The van der Waals surface area contributed by atoms with E-state index in [2.05, 4.69) is 15.0 Å². The number of rotatable bonds is 12. The Morgan fingerprint density at radius 1 is 0.586 bits per heavy atom. The van der Waals surface area contributed by atoms with Crippen molar-refractivity contribution in [3.63, 3.8) is 0 Å². The second kappa shape index (κ2) is 27.9. The predicted octanol–water partition coefficient (Wildman–Crippen LogP) is 6.94. The number of hydrogen-bond acceptors (Lipinski definition) is 15. The summed E-state index contributed by atoms with van der Waals surface area (Å²) in [7, 11) is 0. The number of ether oxygens (including phenoxy) is 2.